The van der Waals surface area contributed by atoms with E-state index in [1.165, 1.54) is 12.8 Å². The number of nitrogens with zero attached hydrogens (tertiary/aromatic N) is 2. The van der Waals surface area contributed by atoms with Crippen molar-refractivity contribution >= 4 is 11.6 Å². The molecule has 124 valence electrons. The van der Waals surface area contributed by atoms with Crippen LogP contribution in [-0.4, -0.2) is 34.2 Å². The Morgan fingerprint density at radius 2 is 2.09 bits per heavy atom. The van der Waals surface area contributed by atoms with Crippen molar-refractivity contribution in [1.29, 1.82) is 0 Å². The van der Waals surface area contributed by atoms with Crippen LogP contribution in [0.5, 0.6) is 0 Å². The van der Waals surface area contributed by atoms with Gasteiger partial charge in [0, 0.05) is 23.2 Å². The van der Waals surface area contributed by atoms with Gasteiger partial charge in [-0.05, 0) is 57.0 Å². The molecular weight excluding hydrogens is 312 g/mol. The van der Waals surface area contributed by atoms with Crippen molar-refractivity contribution < 1.29 is 9.52 Å². The van der Waals surface area contributed by atoms with Crippen LogP contribution in [-0.2, 0) is 6.54 Å². The van der Waals surface area contributed by atoms with Gasteiger partial charge >= 0.3 is 0 Å². The summed E-state index contributed by atoms with van der Waals surface area (Å²) in [5.74, 6) is 1.56. The smallest absolute Gasteiger partial charge is 0.209 e. The Balaban J connectivity index is 1.76. The first kappa shape index (κ1) is 16.5. The number of aromatic nitrogens is 1. The number of aliphatic hydroxyl groups excluding tert-OH is 1. The van der Waals surface area contributed by atoms with Crippen molar-refractivity contribution in [2.24, 2.45) is 0 Å². The first-order valence-corrected chi connectivity index (χ1v) is 8.62. The molecule has 1 N–H and O–H groups in total. The number of aryl methyl sites for hydroxylation is 1. The van der Waals surface area contributed by atoms with E-state index < -0.39 is 0 Å². The molecule has 1 aromatic carbocycles. The Bertz CT molecular complexity index is 637. The molecule has 1 atom stereocenters. The van der Waals surface area contributed by atoms with Gasteiger partial charge in [0.2, 0.25) is 5.89 Å². The van der Waals surface area contributed by atoms with Crippen LogP contribution in [0.3, 0.4) is 0 Å². The van der Waals surface area contributed by atoms with E-state index in [0.717, 1.165) is 42.3 Å². The third kappa shape index (κ3) is 3.94. The van der Waals surface area contributed by atoms with Gasteiger partial charge < -0.3 is 9.52 Å². The SMILES string of the molecule is Cc1nc(CN2CCCCC2CCO)oc1-c1ccc(Cl)cc1. The summed E-state index contributed by atoms with van der Waals surface area (Å²) in [5.41, 5.74) is 1.90. The maximum atomic E-state index is 9.25. The molecule has 1 unspecified atom stereocenters. The molecule has 4 nitrogen and oxygen atoms in total. The third-order valence-corrected chi connectivity index (χ3v) is 4.75. The summed E-state index contributed by atoms with van der Waals surface area (Å²) in [5, 5.41) is 9.96. The molecule has 1 aliphatic heterocycles. The van der Waals surface area contributed by atoms with Crippen LogP contribution in [0.2, 0.25) is 5.02 Å². The maximum Gasteiger partial charge on any atom is 0.209 e. The second-order valence-corrected chi connectivity index (χ2v) is 6.60. The predicted molar refractivity (Wildman–Crippen MR) is 91.4 cm³/mol. The number of likely N-dealkylation sites (tertiary alicyclic amines) is 1. The van der Waals surface area contributed by atoms with E-state index in [1.54, 1.807) is 0 Å². The lowest BCUT2D eigenvalue weighted by Crippen LogP contribution is -2.39. The fraction of sp³-hybridized carbons (Fsp3) is 0.500. The normalized spacial score (nSPS) is 19.2. The van der Waals surface area contributed by atoms with Gasteiger partial charge in [-0.3, -0.25) is 4.90 Å². The van der Waals surface area contributed by atoms with Crippen LogP contribution in [0.1, 0.15) is 37.3 Å². The summed E-state index contributed by atoms with van der Waals surface area (Å²) in [6, 6.07) is 8.06. The number of aliphatic hydroxyl groups is 1. The highest BCUT2D eigenvalue weighted by atomic mass is 35.5. The van der Waals surface area contributed by atoms with Crippen LogP contribution < -0.4 is 0 Å². The molecule has 2 aromatic rings. The Morgan fingerprint density at radius 1 is 1.30 bits per heavy atom. The molecule has 1 aliphatic rings. The number of halogens is 1. The van der Waals surface area contributed by atoms with Gasteiger partial charge in [-0.2, -0.15) is 0 Å². The lowest BCUT2D eigenvalue weighted by atomic mass is 10.00. The number of hydrogen-bond donors (Lipinski definition) is 1. The second-order valence-electron chi connectivity index (χ2n) is 6.16. The standard InChI is InChI=1S/C18H23ClN2O2/c1-13-18(14-5-7-15(19)8-6-14)23-17(20-13)12-21-10-3-2-4-16(21)9-11-22/h5-8,16,22H,2-4,9-12H2,1H3. The van der Waals surface area contributed by atoms with Gasteiger partial charge in [0.1, 0.15) is 0 Å². The molecule has 1 aromatic heterocycles. The molecule has 0 amide bonds. The highest BCUT2D eigenvalue weighted by Gasteiger charge is 2.24. The highest BCUT2D eigenvalue weighted by molar-refractivity contribution is 6.30. The van der Waals surface area contributed by atoms with Crippen molar-refractivity contribution in [2.75, 3.05) is 13.2 Å². The molecule has 1 saturated heterocycles. The maximum absolute atomic E-state index is 9.25. The minimum absolute atomic E-state index is 0.238. The summed E-state index contributed by atoms with van der Waals surface area (Å²) in [4.78, 5) is 6.98. The summed E-state index contributed by atoms with van der Waals surface area (Å²) in [7, 11) is 0. The molecule has 0 bridgehead atoms. The quantitative estimate of drug-likeness (QED) is 0.896. The third-order valence-electron chi connectivity index (χ3n) is 4.50. The molecule has 3 rings (SSSR count). The fourth-order valence-corrected chi connectivity index (χ4v) is 3.43. The van der Waals surface area contributed by atoms with Gasteiger partial charge in [0.05, 0.1) is 12.2 Å². The van der Waals surface area contributed by atoms with Crippen molar-refractivity contribution in [1.82, 2.24) is 9.88 Å². The van der Waals surface area contributed by atoms with Crippen LogP contribution in [0, 0.1) is 6.92 Å². The summed E-state index contributed by atoms with van der Waals surface area (Å²) in [6.07, 6.45) is 4.40. The molecule has 0 aliphatic carbocycles. The minimum Gasteiger partial charge on any atom is -0.439 e. The lowest BCUT2D eigenvalue weighted by Gasteiger charge is -2.34. The van der Waals surface area contributed by atoms with Crippen LogP contribution in [0.15, 0.2) is 28.7 Å². The molecule has 23 heavy (non-hydrogen) atoms. The van der Waals surface area contributed by atoms with E-state index >= 15 is 0 Å². The molecule has 0 radical (unpaired) electrons. The number of rotatable bonds is 5. The number of piperidine rings is 1. The monoisotopic (exact) mass is 334 g/mol. The zero-order chi connectivity index (χ0) is 16.2. The molecule has 0 saturated carbocycles. The minimum atomic E-state index is 0.238. The van der Waals surface area contributed by atoms with Crippen molar-refractivity contribution in [3.05, 3.63) is 40.9 Å². The highest BCUT2D eigenvalue weighted by Crippen LogP contribution is 2.28. The number of hydrogen-bond acceptors (Lipinski definition) is 4. The van der Waals surface area contributed by atoms with Gasteiger partial charge in [0.25, 0.3) is 0 Å². The van der Waals surface area contributed by atoms with Gasteiger partial charge in [-0.15, -0.1) is 0 Å². The van der Waals surface area contributed by atoms with E-state index in [2.05, 4.69) is 9.88 Å². The van der Waals surface area contributed by atoms with E-state index in [0.29, 0.717) is 17.6 Å². The molecule has 2 heterocycles. The first-order chi connectivity index (χ1) is 11.2. The predicted octanol–water partition coefficient (Wildman–Crippen LogP) is 4.04. The Kier molecular flexibility index (Phi) is 5.36. The van der Waals surface area contributed by atoms with Crippen LogP contribution in [0.4, 0.5) is 0 Å². The average molecular weight is 335 g/mol. The van der Waals surface area contributed by atoms with Crippen molar-refractivity contribution in [3.63, 3.8) is 0 Å². The zero-order valence-electron chi connectivity index (χ0n) is 13.5. The fourth-order valence-electron chi connectivity index (χ4n) is 3.31. The topological polar surface area (TPSA) is 49.5 Å². The van der Waals surface area contributed by atoms with E-state index in [-0.39, 0.29) is 6.61 Å². The van der Waals surface area contributed by atoms with Gasteiger partial charge in [0.15, 0.2) is 5.76 Å². The largest absolute Gasteiger partial charge is 0.439 e. The van der Waals surface area contributed by atoms with Crippen molar-refractivity contribution in [3.8, 4) is 11.3 Å². The summed E-state index contributed by atoms with van der Waals surface area (Å²) in [6.45, 7) is 3.96. The molecule has 5 heteroatoms. The van der Waals surface area contributed by atoms with Gasteiger partial charge in [-0.1, -0.05) is 18.0 Å². The summed E-state index contributed by atoms with van der Waals surface area (Å²) >= 11 is 5.95. The van der Waals surface area contributed by atoms with E-state index in [1.807, 2.05) is 31.2 Å². The number of oxazole rings is 1. The summed E-state index contributed by atoms with van der Waals surface area (Å²) < 4.78 is 6.01. The Hall–Kier alpha value is -1.36. The van der Waals surface area contributed by atoms with Gasteiger partial charge in [-0.25, -0.2) is 4.98 Å². The molecule has 1 fully saturated rings. The average Bonchev–Trinajstić information content (AvgIpc) is 2.91. The van der Waals surface area contributed by atoms with E-state index in [4.69, 9.17) is 16.0 Å². The first-order valence-electron chi connectivity index (χ1n) is 8.24. The zero-order valence-corrected chi connectivity index (χ0v) is 14.2. The molecular formula is C18H23ClN2O2. The second kappa shape index (κ2) is 7.47. The van der Waals surface area contributed by atoms with E-state index in [9.17, 15) is 5.11 Å². The molecule has 0 spiro atoms. The van der Waals surface area contributed by atoms with Crippen LogP contribution >= 0.6 is 11.6 Å². The number of benzene rings is 1. The Morgan fingerprint density at radius 3 is 2.83 bits per heavy atom. The Labute approximate surface area is 142 Å². The lowest BCUT2D eigenvalue weighted by molar-refractivity contribution is 0.103. The van der Waals surface area contributed by atoms with Crippen molar-refractivity contribution in [2.45, 2.75) is 45.2 Å². The van der Waals surface area contributed by atoms with Crippen LogP contribution in [0.25, 0.3) is 11.3 Å².